The molecule has 1 N–H and O–H groups in total. The summed E-state index contributed by atoms with van der Waals surface area (Å²) in [7, 11) is 0. The van der Waals surface area contributed by atoms with Gasteiger partial charge in [-0.05, 0) is 84.4 Å². The number of hydrogen-bond donors (Lipinski definition) is 1. The summed E-state index contributed by atoms with van der Waals surface area (Å²) in [6, 6.07) is 14.1. The standard InChI is InChI=1S/C26H21Br2FN4O4/c1-3-36-23-10-16(13-30-33-15(2)31-22-9-4-17(27)11-20(22)26(33)35)21(28)12-24(23)37-14-25(34)32-19-7-5-18(29)6-8-19/h4-13H,3,14H2,1-2H3,(H,32,34). The first-order chi connectivity index (χ1) is 17.7. The van der Waals surface area contributed by atoms with Crippen molar-refractivity contribution in [3.05, 3.63) is 91.1 Å². The van der Waals surface area contributed by atoms with Crippen molar-refractivity contribution >= 4 is 60.6 Å². The molecule has 0 unspecified atom stereocenters. The summed E-state index contributed by atoms with van der Waals surface area (Å²) in [6.07, 6.45) is 1.51. The summed E-state index contributed by atoms with van der Waals surface area (Å²) >= 11 is 6.87. The predicted molar refractivity (Wildman–Crippen MR) is 147 cm³/mol. The number of nitrogens with one attached hydrogen (secondary N) is 1. The fraction of sp³-hybridized carbons (Fsp3) is 0.154. The molecule has 0 aliphatic carbocycles. The van der Waals surface area contributed by atoms with Gasteiger partial charge < -0.3 is 14.8 Å². The van der Waals surface area contributed by atoms with Gasteiger partial charge in [0.15, 0.2) is 18.1 Å². The number of aromatic nitrogens is 2. The normalized spacial score (nSPS) is 11.2. The number of benzene rings is 3. The van der Waals surface area contributed by atoms with E-state index in [1.807, 2.05) is 13.0 Å². The molecule has 8 nitrogen and oxygen atoms in total. The molecule has 190 valence electrons. The highest BCUT2D eigenvalue weighted by Gasteiger charge is 2.13. The molecule has 0 saturated heterocycles. The number of amides is 1. The van der Waals surface area contributed by atoms with Crippen LogP contribution in [-0.4, -0.2) is 35.0 Å². The van der Waals surface area contributed by atoms with Crippen LogP contribution in [0.3, 0.4) is 0 Å². The number of hydrogen-bond acceptors (Lipinski definition) is 6. The molecule has 0 aliphatic rings. The van der Waals surface area contributed by atoms with Crippen LogP contribution in [0.2, 0.25) is 0 Å². The molecule has 0 saturated carbocycles. The van der Waals surface area contributed by atoms with Crippen molar-refractivity contribution in [2.75, 3.05) is 18.5 Å². The van der Waals surface area contributed by atoms with E-state index in [2.05, 4.69) is 47.3 Å². The van der Waals surface area contributed by atoms with E-state index in [9.17, 15) is 14.0 Å². The second-order valence-corrected chi connectivity index (χ2v) is 9.55. The summed E-state index contributed by atoms with van der Waals surface area (Å²) < 4.78 is 27.1. The molecule has 0 spiro atoms. The van der Waals surface area contributed by atoms with Gasteiger partial charge in [-0.1, -0.05) is 15.9 Å². The van der Waals surface area contributed by atoms with Gasteiger partial charge in [0.05, 0.1) is 23.7 Å². The molecule has 4 aromatic rings. The summed E-state index contributed by atoms with van der Waals surface area (Å²) in [5, 5.41) is 7.43. The predicted octanol–water partition coefficient (Wildman–Crippen LogP) is 5.67. The molecule has 3 aromatic carbocycles. The SMILES string of the molecule is CCOc1cc(C=Nn2c(C)nc3ccc(Br)cc3c2=O)c(Br)cc1OCC(=O)Nc1ccc(F)cc1. The van der Waals surface area contributed by atoms with Gasteiger partial charge in [0, 0.05) is 20.2 Å². The van der Waals surface area contributed by atoms with Crippen molar-refractivity contribution in [3.8, 4) is 11.5 Å². The molecule has 4 rings (SSSR count). The Kier molecular flexibility index (Phi) is 8.34. The number of ether oxygens (including phenoxy) is 2. The lowest BCUT2D eigenvalue weighted by Crippen LogP contribution is -2.21. The van der Waals surface area contributed by atoms with Crippen LogP contribution in [0.1, 0.15) is 18.3 Å². The molecule has 11 heteroatoms. The summed E-state index contributed by atoms with van der Waals surface area (Å²) in [5.41, 5.74) is 1.36. The Hall–Kier alpha value is -3.57. The van der Waals surface area contributed by atoms with E-state index >= 15 is 0 Å². The molecule has 1 amide bonds. The van der Waals surface area contributed by atoms with E-state index in [1.165, 1.54) is 35.2 Å². The van der Waals surface area contributed by atoms with Crippen LogP contribution < -0.4 is 20.3 Å². The maximum atomic E-state index is 13.1. The van der Waals surface area contributed by atoms with Crippen LogP contribution in [0.25, 0.3) is 10.9 Å². The Morgan fingerprint density at radius 2 is 1.84 bits per heavy atom. The van der Waals surface area contributed by atoms with Crippen LogP contribution in [0.4, 0.5) is 10.1 Å². The van der Waals surface area contributed by atoms with Crippen LogP contribution >= 0.6 is 31.9 Å². The Morgan fingerprint density at radius 1 is 1.11 bits per heavy atom. The molecule has 0 bridgehead atoms. The Labute approximate surface area is 228 Å². The first-order valence-electron chi connectivity index (χ1n) is 11.1. The highest BCUT2D eigenvalue weighted by atomic mass is 79.9. The van der Waals surface area contributed by atoms with E-state index in [4.69, 9.17) is 9.47 Å². The van der Waals surface area contributed by atoms with Crippen LogP contribution in [-0.2, 0) is 4.79 Å². The van der Waals surface area contributed by atoms with Gasteiger partial charge in [-0.25, -0.2) is 9.37 Å². The molecular formula is C26H21Br2FN4O4. The van der Waals surface area contributed by atoms with E-state index in [-0.39, 0.29) is 12.2 Å². The lowest BCUT2D eigenvalue weighted by molar-refractivity contribution is -0.118. The Bertz CT molecular complexity index is 1560. The lowest BCUT2D eigenvalue weighted by Gasteiger charge is -2.14. The minimum atomic E-state index is -0.416. The van der Waals surface area contributed by atoms with Gasteiger partial charge in [-0.2, -0.15) is 9.78 Å². The van der Waals surface area contributed by atoms with Gasteiger partial charge in [-0.15, -0.1) is 0 Å². The number of halogens is 3. The number of carbonyl (C=O) groups is 1. The third-order valence-electron chi connectivity index (χ3n) is 5.13. The van der Waals surface area contributed by atoms with Crippen molar-refractivity contribution in [1.29, 1.82) is 0 Å². The fourth-order valence-corrected chi connectivity index (χ4v) is 4.21. The van der Waals surface area contributed by atoms with Gasteiger partial charge in [-0.3, -0.25) is 9.59 Å². The molecule has 1 heterocycles. The monoisotopic (exact) mass is 630 g/mol. The maximum Gasteiger partial charge on any atom is 0.282 e. The molecule has 0 fully saturated rings. The zero-order valence-corrected chi connectivity index (χ0v) is 23.0. The van der Waals surface area contributed by atoms with Gasteiger partial charge in [0.25, 0.3) is 11.5 Å². The molecule has 0 aliphatic heterocycles. The summed E-state index contributed by atoms with van der Waals surface area (Å²) in [5.74, 6) is 0.358. The average Bonchev–Trinajstić information content (AvgIpc) is 2.86. The van der Waals surface area contributed by atoms with Gasteiger partial charge in [0.1, 0.15) is 11.6 Å². The number of rotatable bonds is 8. The minimum absolute atomic E-state index is 0.287. The second-order valence-electron chi connectivity index (χ2n) is 7.78. The van der Waals surface area contributed by atoms with Gasteiger partial charge in [0.2, 0.25) is 0 Å². The lowest BCUT2D eigenvalue weighted by atomic mass is 10.2. The molecule has 0 radical (unpaired) electrons. The van der Waals surface area contributed by atoms with E-state index in [0.29, 0.717) is 50.6 Å². The van der Waals surface area contributed by atoms with Crippen LogP contribution in [0.15, 0.2) is 73.4 Å². The average molecular weight is 632 g/mol. The maximum absolute atomic E-state index is 13.1. The van der Waals surface area contributed by atoms with Crippen molar-refractivity contribution in [2.45, 2.75) is 13.8 Å². The molecular weight excluding hydrogens is 611 g/mol. The zero-order valence-electron chi connectivity index (χ0n) is 19.8. The Morgan fingerprint density at radius 3 is 2.57 bits per heavy atom. The highest BCUT2D eigenvalue weighted by molar-refractivity contribution is 9.10. The third kappa shape index (κ3) is 6.41. The first kappa shape index (κ1) is 26.5. The van der Waals surface area contributed by atoms with Crippen molar-refractivity contribution in [1.82, 2.24) is 9.66 Å². The minimum Gasteiger partial charge on any atom is -0.490 e. The largest absolute Gasteiger partial charge is 0.490 e. The van der Waals surface area contributed by atoms with Crippen molar-refractivity contribution in [3.63, 3.8) is 0 Å². The first-order valence-corrected chi connectivity index (χ1v) is 12.7. The molecule has 0 atom stereocenters. The summed E-state index contributed by atoms with van der Waals surface area (Å²) in [4.78, 5) is 29.8. The van der Waals surface area contributed by atoms with E-state index < -0.39 is 11.7 Å². The molecule has 37 heavy (non-hydrogen) atoms. The van der Waals surface area contributed by atoms with E-state index in [0.717, 1.165) is 4.47 Å². The fourth-order valence-electron chi connectivity index (χ4n) is 3.42. The number of anilines is 1. The quantitative estimate of drug-likeness (QED) is 0.253. The number of nitrogens with zero attached hydrogens (tertiary/aromatic N) is 3. The Balaban J connectivity index is 1.56. The van der Waals surface area contributed by atoms with E-state index in [1.54, 1.807) is 31.2 Å². The number of aryl methyl sites for hydroxylation is 1. The van der Waals surface area contributed by atoms with Crippen LogP contribution in [0, 0.1) is 12.7 Å². The number of carbonyl (C=O) groups excluding carboxylic acids is 1. The summed E-state index contributed by atoms with van der Waals surface area (Å²) in [6.45, 7) is 3.60. The zero-order chi connectivity index (χ0) is 26.5. The topological polar surface area (TPSA) is 94.8 Å². The smallest absolute Gasteiger partial charge is 0.282 e. The second kappa shape index (κ2) is 11.7. The third-order valence-corrected chi connectivity index (χ3v) is 6.31. The molecule has 1 aromatic heterocycles. The van der Waals surface area contributed by atoms with Crippen molar-refractivity contribution < 1.29 is 18.7 Å². The van der Waals surface area contributed by atoms with Crippen LogP contribution in [0.5, 0.6) is 11.5 Å². The number of fused-ring (bicyclic) bond motifs is 1. The van der Waals surface area contributed by atoms with Crippen molar-refractivity contribution in [2.24, 2.45) is 5.10 Å². The van der Waals surface area contributed by atoms with Gasteiger partial charge >= 0.3 is 0 Å². The highest BCUT2D eigenvalue weighted by Crippen LogP contribution is 2.33.